The molecule has 1 N–H and O–H groups in total. The number of tetrazole rings is 1. The predicted octanol–water partition coefficient (Wildman–Crippen LogP) is 3.37. The molecule has 9 heteroatoms. The first-order valence-corrected chi connectivity index (χ1v) is 9.91. The largest absolute Gasteiger partial charge is 0.493 e. The fourth-order valence-electron chi connectivity index (χ4n) is 2.81. The number of anilines is 1. The van der Waals surface area contributed by atoms with Crippen LogP contribution < -0.4 is 10.1 Å². The lowest BCUT2D eigenvalue weighted by atomic mass is 10.2. The second kappa shape index (κ2) is 8.61. The number of ether oxygens (including phenoxy) is 1. The number of rotatable bonds is 7. The van der Waals surface area contributed by atoms with Gasteiger partial charge in [0.1, 0.15) is 17.1 Å². The van der Waals surface area contributed by atoms with Crippen LogP contribution in [-0.4, -0.2) is 37.7 Å². The third-order valence-electron chi connectivity index (χ3n) is 4.05. The highest BCUT2D eigenvalue weighted by atomic mass is 32.1. The number of carbonyl (C=O) groups is 1. The number of amides is 1. The minimum Gasteiger partial charge on any atom is -0.493 e. The Hall–Kier alpha value is -3.59. The standard InChI is InChI=1S/C20H18N6O2S/c1-2-28-18-9-4-3-8-17(18)20-23-15(12-29-20)11-19(27)22-14-6-5-7-16(10-14)26-13-21-24-25-26/h3-10,12-13H,2,11H2,1H3,(H,22,27). The molecule has 0 aliphatic carbocycles. The van der Waals surface area contributed by atoms with Gasteiger partial charge in [-0.05, 0) is 47.7 Å². The van der Waals surface area contributed by atoms with E-state index in [9.17, 15) is 4.79 Å². The van der Waals surface area contributed by atoms with Gasteiger partial charge in [-0.25, -0.2) is 9.67 Å². The smallest absolute Gasteiger partial charge is 0.230 e. The molecule has 0 spiro atoms. The molecule has 29 heavy (non-hydrogen) atoms. The van der Waals surface area contributed by atoms with Gasteiger partial charge in [0.25, 0.3) is 0 Å². The molecule has 0 aliphatic heterocycles. The average Bonchev–Trinajstić information content (AvgIpc) is 3.41. The van der Waals surface area contributed by atoms with Gasteiger partial charge in [-0.2, -0.15) is 0 Å². The van der Waals surface area contributed by atoms with E-state index >= 15 is 0 Å². The Morgan fingerprint density at radius 3 is 2.93 bits per heavy atom. The Balaban J connectivity index is 1.45. The van der Waals surface area contributed by atoms with Gasteiger partial charge in [-0.1, -0.05) is 18.2 Å². The maximum Gasteiger partial charge on any atom is 0.230 e. The monoisotopic (exact) mass is 406 g/mol. The number of carbonyl (C=O) groups excluding carboxylic acids is 1. The third kappa shape index (κ3) is 4.46. The lowest BCUT2D eigenvalue weighted by Gasteiger charge is -2.07. The minimum absolute atomic E-state index is 0.145. The molecule has 8 nitrogen and oxygen atoms in total. The van der Waals surface area contributed by atoms with E-state index in [0.717, 1.165) is 22.0 Å². The summed E-state index contributed by atoms with van der Waals surface area (Å²) in [5.41, 5.74) is 3.07. The van der Waals surface area contributed by atoms with Crippen molar-refractivity contribution in [3.8, 4) is 22.0 Å². The molecule has 4 aromatic rings. The Morgan fingerprint density at radius 1 is 1.21 bits per heavy atom. The van der Waals surface area contributed by atoms with Crippen molar-refractivity contribution >= 4 is 22.9 Å². The van der Waals surface area contributed by atoms with Gasteiger partial charge in [0, 0.05) is 11.1 Å². The van der Waals surface area contributed by atoms with E-state index in [1.807, 2.05) is 54.8 Å². The SMILES string of the molecule is CCOc1ccccc1-c1nc(CC(=O)Nc2cccc(-n3cnnn3)c2)cs1. The van der Waals surface area contributed by atoms with Crippen molar-refractivity contribution in [2.45, 2.75) is 13.3 Å². The number of benzene rings is 2. The van der Waals surface area contributed by atoms with Crippen LogP contribution in [0.1, 0.15) is 12.6 Å². The molecule has 0 saturated heterocycles. The summed E-state index contributed by atoms with van der Waals surface area (Å²) in [4.78, 5) is 17.1. The highest BCUT2D eigenvalue weighted by molar-refractivity contribution is 7.13. The Morgan fingerprint density at radius 2 is 2.10 bits per heavy atom. The maximum atomic E-state index is 12.5. The molecule has 2 aromatic heterocycles. The zero-order chi connectivity index (χ0) is 20.1. The van der Waals surface area contributed by atoms with Crippen LogP contribution in [0.25, 0.3) is 16.3 Å². The van der Waals surface area contributed by atoms with E-state index in [0.29, 0.717) is 18.0 Å². The van der Waals surface area contributed by atoms with Gasteiger partial charge < -0.3 is 10.1 Å². The van der Waals surface area contributed by atoms with Crippen molar-refractivity contribution < 1.29 is 9.53 Å². The topological polar surface area (TPSA) is 94.8 Å². The molecule has 0 bridgehead atoms. The van der Waals surface area contributed by atoms with Crippen molar-refractivity contribution in [1.29, 1.82) is 0 Å². The van der Waals surface area contributed by atoms with Gasteiger partial charge >= 0.3 is 0 Å². The molecule has 0 aliphatic rings. The van der Waals surface area contributed by atoms with Crippen LogP contribution in [0.15, 0.2) is 60.2 Å². The van der Waals surface area contributed by atoms with E-state index in [1.165, 1.54) is 22.3 Å². The second-order valence-corrected chi connectivity index (χ2v) is 6.96. The Bertz CT molecular complexity index is 1110. The summed E-state index contributed by atoms with van der Waals surface area (Å²) in [6, 6.07) is 15.1. The van der Waals surface area contributed by atoms with E-state index in [4.69, 9.17) is 4.74 Å². The zero-order valence-corrected chi connectivity index (χ0v) is 16.5. The summed E-state index contributed by atoms with van der Waals surface area (Å²) in [5, 5.41) is 16.7. The fourth-order valence-corrected chi connectivity index (χ4v) is 3.66. The van der Waals surface area contributed by atoms with Gasteiger partial charge in [0.05, 0.1) is 30.0 Å². The first-order chi connectivity index (χ1) is 14.2. The molecule has 2 heterocycles. The summed E-state index contributed by atoms with van der Waals surface area (Å²) in [7, 11) is 0. The number of hydrogen-bond donors (Lipinski definition) is 1. The second-order valence-electron chi connectivity index (χ2n) is 6.10. The summed E-state index contributed by atoms with van der Waals surface area (Å²) in [6.45, 7) is 2.53. The molecule has 0 saturated carbocycles. The number of aromatic nitrogens is 5. The van der Waals surface area contributed by atoms with Crippen LogP contribution >= 0.6 is 11.3 Å². The normalized spacial score (nSPS) is 10.7. The lowest BCUT2D eigenvalue weighted by molar-refractivity contribution is -0.115. The van der Waals surface area contributed by atoms with E-state index in [1.54, 1.807) is 6.07 Å². The van der Waals surface area contributed by atoms with Crippen LogP contribution in [0, 0.1) is 0 Å². The van der Waals surface area contributed by atoms with Crippen LogP contribution in [0.5, 0.6) is 5.75 Å². The number of nitrogens with one attached hydrogen (secondary N) is 1. The van der Waals surface area contributed by atoms with Gasteiger partial charge in [0.15, 0.2) is 0 Å². The van der Waals surface area contributed by atoms with Crippen molar-refractivity contribution in [3.05, 3.63) is 65.9 Å². The number of nitrogens with zero attached hydrogens (tertiary/aromatic N) is 5. The van der Waals surface area contributed by atoms with Crippen molar-refractivity contribution in [1.82, 2.24) is 25.2 Å². The minimum atomic E-state index is -0.145. The van der Waals surface area contributed by atoms with Crippen LogP contribution in [0.2, 0.25) is 0 Å². The molecule has 0 atom stereocenters. The molecular weight excluding hydrogens is 388 g/mol. The average molecular weight is 406 g/mol. The number of para-hydroxylation sites is 1. The molecular formula is C20H18N6O2S. The highest BCUT2D eigenvalue weighted by Crippen LogP contribution is 2.32. The van der Waals surface area contributed by atoms with Gasteiger partial charge in [-0.15, -0.1) is 16.4 Å². The molecule has 0 radical (unpaired) electrons. The molecule has 1 amide bonds. The Kier molecular flexibility index (Phi) is 5.57. The number of thiazole rings is 1. The molecule has 146 valence electrons. The predicted molar refractivity (Wildman–Crippen MR) is 110 cm³/mol. The van der Waals surface area contributed by atoms with Crippen molar-refractivity contribution in [2.24, 2.45) is 0 Å². The number of hydrogen-bond acceptors (Lipinski definition) is 7. The van der Waals surface area contributed by atoms with Crippen LogP contribution in [-0.2, 0) is 11.2 Å². The molecule has 0 fully saturated rings. The summed E-state index contributed by atoms with van der Waals surface area (Å²) < 4.78 is 7.20. The van der Waals surface area contributed by atoms with E-state index < -0.39 is 0 Å². The molecule has 2 aromatic carbocycles. The highest BCUT2D eigenvalue weighted by Gasteiger charge is 2.13. The van der Waals surface area contributed by atoms with Crippen LogP contribution in [0.4, 0.5) is 5.69 Å². The van der Waals surface area contributed by atoms with E-state index in [-0.39, 0.29) is 12.3 Å². The fraction of sp³-hybridized carbons (Fsp3) is 0.150. The quantitative estimate of drug-likeness (QED) is 0.506. The summed E-state index contributed by atoms with van der Waals surface area (Å²) >= 11 is 1.50. The van der Waals surface area contributed by atoms with Gasteiger partial charge in [-0.3, -0.25) is 4.79 Å². The maximum absolute atomic E-state index is 12.5. The van der Waals surface area contributed by atoms with E-state index in [2.05, 4.69) is 25.8 Å². The van der Waals surface area contributed by atoms with Crippen molar-refractivity contribution in [3.63, 3.8) is 0 Å². The molecule has 0 unspecified atom stereocenters. The van der Waals surface area contributed by atoms with Gasteiger partial charge in [0.2, 0.25) is 5.91 Å². The summed E-state index contributed by atoms with van der Waals surface area (Å²) in [6.07, 6.45) is 1.68. The van der Waals surface area contributed by atoms with Crippen molar-refractivity contribution in [2.75, 3.05) is 11.9 Å². The molecule has 4 rings (SSSR count). The summed E-state index contributed by atoms with van der Waals surface area (Å²) in [5.74, 6) is 0.647. The lowest BCUT2D eigenvalue weighted by Crippen LogP contribution is -2.14. The first kappa shape index (κ1) is 18.8. The zero-order valence-electron chi connectivity index (χ0n) is 15.6. The Labute approximate surface area is 171 Å². The first-order valence-electron chi connectivity index (χ1n) is 9.03. The van der Waals surface area contributed by atoms with Crippen LogP contribution in [0.3, 0.4) is 0 Å². The third-order valence-corrected chi connectivity index (χ3v) is 4.98.